The second-order valence-corrected chi connectivity index (χ2v) is 5.28. The van der Waals surface area contributed by atoms with Gasteiger partial charge in [0.05, 0.1) is 6.26 Å². The minimum absolute atomic E-state index is 0.118. The number of hydrogen-bond acceptors (Lipinski definition) is 3. The topological polar surface area (TPSA) is 89.3 Å². The van der Waals surface area contributed by atoms with Crippen LogP contribution in [-0.2, 0) is 14.8 Å². The number of rotatable bonds is 3. The van der Waals surface area contributed by atoms with Crippen molar-refractivity contribution < 1.29 is 13.2 Å². The average molecular weight is 206 g/mol. The maximum atomic E-state index is 10.8. The van der Waals surface area contributed by atoms with Gasteiger partial charge in [-0.1, -0.05) is 0 Å². The molecule has 1 rings (SSSR count). The predicted octanol–water partition coefficient (Wildman–Crippen LogP) is -0.810. The summed E-state index contributed by atoms with van der Waals surface area (Å²) >= 11 is 0. The fourth-order valence-corrected chi connectivity index (χ4v) is 2.47. The summed E-state index contributed by atoms with van der Waals surface area (Å²) < 4.78 is 24.1. The average Bonchev–Trinajstić information content (AvgIpc) is 2.31. The highest BCUT2D eigenvalue weighted by atomic mass is 32.2. The van der Waals surface area contributed by atoms with Crippen LogP contribution in [0.15, 0.2) is 0 Å². The smallest absolute Gasteiger partial charge is 0.220 e. The maximum Gasteiger partial charge on any atom is 0.220 e. The molecule has 0 aliphatic heterocycles. The Hall–Kier alpha value is -0.620. The first kappa shape index (κ1) is 10.5. The lowest BCUT2D eigenvalue weighted by atomic mass is 10.1. The van der Waals surface area contributed by atoms with Crippen LogP contribution in [-0.4, -0.2) is 26.6 Å². The van der Waals surface area contributed by atoms with Crippen molar-refractivity contribution in [1.29, 1.82) is 0 Å². The van der Waals surface area contributed by atoms with Crippen LogP contribution in [0.5, 0.6) is 0 Å². The fraction of sp³-hybridized carbons (Fsp3) is 0.857. The number of nitrogens with two attached hydrogens (primary N) is 1. The molecule has 2 unspecified atom stereocenters. The summed E-state index contributed by atoms with van der Waals surface area (Å²) in [4.78, 5) is 10.8. The minimum Gasteiger partial charge on any atom is -0.369 e. The van der Waals surface area contributed by atoms with Crippen molar-refractivity contribution in [3.8, 4) is 0 Å². The zero-order chi connectivity index (χ0) is 10.1. The van der Waals surface area contributed by atoms with E-state index in [1.807, 2.05) is 0 Å². The second-order valence-electron chi connectivity index (χ2n) is 3.50. The second kappa shape index (κ2) is 3.63. The van der Waals surface area contributed by atoms with Gasteiger partial charge in [0.25, 0.3) is 0 Å². The molecule has 0 bridgehead atoms. The van der Waals surface area contributed by atoms with Gasteiger partial charge >= 0.3 is 0 Å². The highest BCUT2D eigenvalue weighted by Crippen LogP contribution is 2.25. The summed E-state index contributed by atoms with van der Waals surface area (Å²) in [6.07, 6.45) is 3.02. The van der Waals surface area contributed by atoms with E-state index in [0.29, 0.717) is 19.3 Å². The number of hydrogen-bond donors (Lipinski definition) is 2. The number of sulfonamides is 1. The molecule has 1 amide bonds. The largest absolute Gasteiger partial charge is 0.369 e. The lowest BCUT2D eigenvalue weighted by molar-refractivity contribution is -0.121. The summed E-state index contributed by atoms with van der Waals surface area (Å²) in [5, 5.41) is 0. The Morgan fingerprint density at radius 1 is 1.46 bits per heavy atom. The van der Waals surface area contributed by atoms with Crippen LogP contribution in [0, 0.1) is 5.92 Å². The first-order valence-electron chi connectivity index (χ1n) is 4.15. The predicted molar refractivity (Wildman–Crippen MR) is 48.3 cm³/mol. The first-order chi connectivity index (χ1) is 5.88. The van der Waals surface area contributed by atoms with E-state index in [-0.39, 0.29) is 17.9 Å². The lowest BCUT2D eigenvalue weighted by Gasteiger charge is -2.09. The van der Waals surface area contributed by atoms with Gasteiger partial charge in [-0.15, -0.1) is 0 Å². The Morgan fingerprint density at radius 3 is 2.46 bits per heavy atom. The molecule has 0 radical (unpaired) electrons. The van der Waals surface area contributed by atoms with Crippen molar-refractivity contribution in [3.05, 3.63) is 0 Å². The zero-order valence-electron chi connectivity index (χ0n) is 7.49. The summed E-state index contributed by atoms with van der Waals surface area (Å²) in [7, 11) is -3.16. The molecular weight excluding hydrogens is 192 g/mol. The molecule has 13 heavy (non-hydrogen) atoms. The van der Waals surface area contributed by atoms with Crippen LogP contribution in [0.25, 0.3) is 0 Å². The molecule has 0 saturated heterocycles. The maximum absolute atomic E-state index is 10.8. The Bertz CT molecular complexity index is 299. The van der Waals surface area contributed by atoms with Crippen molar-refractivity contribution in [1.82, 2.24) is 4.72 Å². The summed E-state index contributed by atoms with van der Waals surface area (Å²) in [5.41, 5.74) is 5.11. The molecule has 3 N–H and O–H groups in total. The summed E-state index contributed by atoms with van der Waals surface area (Å²) in [6.45, 7) is 0. The Balaban J connectivity index is 2.47. The number of carbonyl (C=O) groups excluding carboxylic acids is 1. The van der Waals surface area contributed by atoms with Gasteiger partial charge in [0.2, 0.25) is 15.9 Å². The molecule has 1 aliphatic carbocycles. The highest BCUT2D eigenvalue weighted by Gasteiger charge is 2.29. The summed E-state index contributed by atoms with van der Waals surface area (Å²) in [6, 6.07) is -0.118. The van der Waals surface area contributed by atoms with Crippen LogP contribution in [0.3, 0.4) is 0 Å². The number of amides is 1. The van der Waals surface area contributed by atoms with Gasteiger partial charge in [-0.05, 0) is 19.3 Å². The molecule has 1 saturated carbocycles. The van der Waals surface area contributed by atoms with E-state index in [1.165, 1.54) is 0 Å². The fourth-order valence-electron chi connectivity index (χ4n) is 1.65. The van der Waals surface area contributed by atoms with Gasteiger partial charge in [0.1, 0.15) is 0 Å². The number of nitrogens with one attached hydrogen (secondary N) is 1. The van der Waals surface area contributed by atoms with Crippen molar-refractivity contribution in [3.63, 3.8) is 0 Å². The third-order valence-electron chi connectivity index (χ3n) is 2.22. The molecule has 0 aromatic heterocycles. The molecule has 6 heteroatoms. The Morgan fingerprint density at radius 2 is 2.08 bits per heavy atom. The molecule has 1 aliphatic rings. The Labute approximate surface area is 77.7 Å². The molecule has 0 spiro atoms. The number of primary amides is 1. The van der Waals surface area contributed by atoms with Crippen LogP contribution in [0.2, 0.25) is 0 Å². The molecule has 76 valence electrons. The van der Waals surface area contributed by atoms with Gasteiger partial charge in [0.15, 0.2) is 0 Å². The molecular formula is C7H14N2O3S. The molecule has 0 aromatic rings. The number of carbonyl (C=O) groups is 1. The van der Waals surface area contributed by atoms with Gasteiger partial charge in [-0.2, -0.15) is 0 Å². The zero-order valence-corrected chi connectivity index (χ0v) is 8.30. The van der Waals surface area contributed by atoms with E-state index in [2.05, 4.69) is 4.72 Å². The third-order valence-corrected chi connectivity index (χ3v) is 2.98. The van der Waals surface area contributed by atoms with Crippen LogP contribution < -0.4 is 10.5 Å². The van der Waals surface area contributed by atoms with E-state index in [4.69, 9.17) is 5.73 Å². The van der Waals surface area contributed by atoms with Crippen LogP contribution in [0.1, 0.15) is 19.3 Å². The summed E-state index contributed by atoms with van der Waals surface area (Å²) in [5.74, 6) is -0.503. The monoisotopic (exact) mass is 206 g/mol. The molecule has 0 aromatic carbocycles. The van der Waals surface area contributed by atoms with E-state index < -0.39 is 10.0 Å². The molecule has 2 atom stereocenters. The normalized spacial score (nSPS) is 29.0. The first-order valence-corrected chi connectivity index (χ1v) is 6.04. The van der Waals surface area contributed by atoms with E-state index in [0.717, 1.165) is 6.26 Å². The highest BCUT2D eigenvalue weighted by molar-refractivity contribution is 7.88. The standard InChI is InChI=1S/C7H14N2O3S/c1-13(11,12)9-6-3-2-5(4-6)7(8)10/h5-6,9H,2-4H2,1H3,(H2,8,10). The molecule has 5 nitrogen and oxygen atoms in total. The van der Waals surface area contributed by atoms with Gasteiger partial charge in [-0.25, -0.2) is 13.1 Å². The molecule has 0 heterocycles. The van der Waals surface area contributed by atoms with Crippen molar-refractivity contribution >= 4 is 15.9 Å². The van der Waals surface area contributed by atoms with E-state index in [1.54, 1.807) is 0 Å². The van der Waals surface area contributed by atoms with Crippen LogP contribution in [0.4, 0.5) is 0 Å². The van der Waals surface area contributed by atoms with E-state index >= 15 is 0 Å². The SMILES string of the molecule is CS(=O)(=O)NC1CCC(C(N)=O)C1. The van der Waals surface area contributed by atoms with E-state index in [9.17, 15) is 13.2 Å². The van der Waals surface area contributed by atoms with Gasteiger partial charge in [-0.3, -0.25) is 4.79 Å². The van der Waals surface area contributed by atoms with Crippen molar-refractivity contribution in [2.45, 2.75) is 25.3 Å². The van der Waals surface area contributed by atoms with Crippen LogP contribution >= 0.6 is 0 Å². The third kappa shape index (κ3) is 3.31. The minimum atomic E-state index is -3.16. The Kier molecular flexibility index (Phi) is 2.92. The molecule has 1 fully saturated rings. The van der Waals surface area contributed by atoms with Crippen molar-refractivity contribution in [2.24, 2.45) is 11.7 Å². The lowest BCUT2D eigenvalue weighted by Crippen LogP contribution is -2.32. The van der Waals surface area contributed by atoms with Gasteiger partial charge in [0, 0.05) is 12.0 Å². The van der Waals surface area contributed by atoms with Crippen molar-refractivity contribution in [2.75, 3.05) is 6.26 Å². The quantitative estimate of drug-likeness (QED) is 0.633. The van der Waals surface area contributed by atoms with Gasteiger partial charge < -0.3 is 5.73 Å².